The maximum absolute atomic E-state index is 14.4. The van der Waals surface area contributed by atoms with Crippen LogP contribution in [-0.2, 0) is 4.79 Å². The van der Waals surface area contributed by atoms with Gasteiger partial charge in [-0.1, -0.05) is 70.7 Å². The van der Waals surface area contributed by atoms with E-state index in [0.717, 1.165) is 36.5 Å². The van der Waals surface area contributed by atoms with Crippen LogP contribution in [0.5, 0.6) is 17.2 Å². The highest BCUT2D eigenvalue weighted by atomic mass is 35.5. The van der Waals surface area contributed by atoms with E-state index < -0.39 is 23.1 Å². The van der Waals surface area contributed by atoms with Crippen molar-refractivity contribution in [3.05, 3.63) is 78.1 Å². The summed E-state index contributed by atoms with van der Waals surface area (Å²) in [6.07, 6.45) is 5.41. The minimum Gasteiger partial charge on any atom is -0.491 e. The number of carbonyl (C=O) groups is 2. The van der Waals surface area contributed by atoms with E-state index in [0.29, 0.717) is 18.1 Å². The monoisotopic (exact) mass is 540 g/mol. The Kier molecular flexibility index (Phi) is 11.2. The molecular weight excluding hydrogens is 507 g/mol. The molecule has 3 rings (SSSR count). The summed E-state index contributed by atoms with van der Waals surface area (Å²) in [6.45, 7) is 6.30. The van der Waals surface area contributed by atoms with E-state index in [1.54, 1.807) is 36.4 Å². The second kappa shape index (κ2) is 14.5. The van der Waals surface area contributed by atoms with Gasteiger partial charge in [-0.3, -0.25) is 4.79 Å². The molecule has 202 valence electrons. The van der Waals surface area contributed by atoms with Crippen LogP contribution in [-0.4, -0.2) is 23.9 Å². The third-order valence-electron chi connectivity index (χ3n) is 5.95. The third-order valence-corrected chi connectivity index (χ3v) is 6.64. The molecule has 0 aliphatic rings. The molecule has 0 aliphatic carbocycles. The van der Waals surface area contributed by atoms with Gasteiger partial charge in [-0.25, -0.2) is 9.18 Å². The molecule has 5 nitrogen and oxygen atoms in total. The Balaban J connectivity index is 1.54. The summed E-state index contributed by atoms with van der Waals surface area (Å²) >= 11 is 6.05. The fourth-order valence-corrected chi connectivity index (χ4v) is 3.72. The van der Waals surface area contributed by atoms with Crippen molar-refractivity contribution in [2.75, 3.05) is 6.61 Å². The molecule has 0 radical (unpaired) electrons. The molecule has 0 spiro atoms. The second-order valence-electron chi connectivity index (χ2n) is 9.41. The smallest absolute Gasteiger partial charge is 0.343 e. The molecule has 0 bridgehead atoms. The first-order valence-electron chi connectivity index (χ1n) is 13.0. The molecule has 0 heterocycles. The molecular formula is C31H34ClFO5. The van der Waals surface area contributed by atoms with Crippen LogP contribution in [0.4, 0.5) is 4.39 Å². The number of hydrogen-bond acceptors (Lipinski definition) is 5. The van der Waals surface area contributed by atoms with E-state index in [-0.39, 0.29) is 17.2 Å². The number of unbranched alkanes of at least 4 members (excludes halogenated alkanes) is 4. The van der Waals surface area contributed by atoms with Crippen molar-refractivity contribution in [2.24, 2.45) is 5.92 Å². The van der Waals surface area contributed by atoms with Gasteiger partial charge in [-0.2, -0.15) is 0 Å². The van der Waals surface area contributed by atoms with E-state index in [9.17, 15) is 14.0 Å². The molecule has 38 heavy (non-hydrogen) atoms. The van der Waals surface area contributed by atoms with Crippen molar-refractivity contribution in [1.82, 2.24) is 0 Å². The number of rotatable bonds is 13. The molecule has 0 aliphatic heterocycles. The minimum atomic E-state index is -0.710. The lowest BCUT2D eigenvalue weighted by atomic mass is 10.1. The normalized spacial score (nSPS) is 11.7. The molecule has 0 amide bonds. The van der Waals surface area contributed by atoms with Crippen LogP contribution in [0.3, 0.4) is 0 Å². The standard InChI is InChI=1S/C31H34ClFO5/c1-4-5-6-7-8-19-36-28-18-13-24(20-27(28)33)30(34)37-25-14-9-22(10-15-25)23-11-16-26(17-12-23)38-31(35)29(32)21(2)3/h9-18,20-21,29H,4-8,19H2,1-3H3. The summed E-state index contributed by atoms with van der Waals surface area (Å²) in [5.74, 6) is -0.898. The van der Waals surface area contributed by atoms with Crippen LogP contribution < -0.4 is 14.2 Å². The zero-order valence-corrected chi connectivity index (χ0v) is 22.8. The Morgan fingerprint density at radius 2 is 1.39 bits per heavy atom. The molecule has 3 aromatic carbocycles. The lowest BCUT2D eigenvalue weighted by molar-refractivity contribution is -0.134. The summed E-state index contributed by atoms with van der Waals surface area (Å²) in [4.78, 5) is 24.6. The first kappa shape index (κ1) is 29.2. The molecule has 7 heteroatoms. The van der Waals surface area contributed by atoms with Crippen LogP contribution in [0.15, 0.2) is 66.7 Å². The average molecular weight is 541 g/mol. The van der Waals surface area contributed by atoms with E-state index in [2.05, 4.69) is 6.92 Å². The van der Waals surface area contributed by atoms with E-state index in [4.69, 9.17) is 25.8 Å². The highest BCUT2D eigenvalue weighted by molar-refractivity contribution is 6.30. The molecule has 0 aromatic heterocycles. The molecule has 1 atom stereocenters. The largest absolute Gasteiger partial charge is 0.491 e. The average Bonchev–Trinajstić information content (AvgIpc) is 2.91. The number of carbonyl (C=O) groups excluding carboxylic acids is 2. The summed E-state index contributed by atoms with van der Waals surface area (Å²) in [6, 6.07) is 18.0. The number of benzene rings is 3. The molecule has 0 saturated carbocycles. The molecule has 0 fully saturated rings. The first-order chi connectivity index (χ1) is 18.3. The van der Waals surface area contributed by atoms with Crippen molar-refractivity contribution in [2.45, 2.75) is 58.3 Å². The minimum absolute atomic E-state index is 0.0293. The lowest BCUT2D eigenvalue weighted by Gasteiger charge is -2.12. The van der Waals surface area contributed by atoms with Crippen molar-refractivity contribution in [3.63, 3.8) is 0 Å². The van der Waals surface area contributed by atoms with Crippen LogP contribution in [0.2, 0.25) is 0 Å². The number of halogens is 2. The zero-order valence-electron chi connectivity index (χ0n) is 22.0. The van der Waals surface area contributed by atoms with E-state index >= 15 is 0 Å². The van der Waals surface area contributed by atoms with Crippen molar-refractivity contribution < 1.29 is 28.2 Å². The van der Waals surface area contributed by atoms with Gasteiger partial charge in [-0.15, -0.1) is 11.6 Å². The lowest BCUT2D eigenvalue weighted by Crippen LogP contribution is -2.25. The Hall–Kier alpha value is -3.38. The van der Waals surface area contributed by atoms with Gasteiger partial charge >= 0.3 is 11.9 Å². The van der Waals surface area contributed by atoms with Crippen LogP contribution in [0, 0.1) is 11.7 Å². The zero-order chi connectivity index (χ0) is 27.5. The van der Waals surface area contributed by atoms with Crippen molar-refractivity contribution in [3.8, 4) is 28.4 Å². The fraction of sp³-hybridized carbons (Fsp3) is 0.355. The number of ether oxygens (including phenoxy) is 3. The Labute approximate surface area is 228 Å². The Morgan fingerprint density at radius 1 is 0.816 bits per heavy atom. The molecule has 0 N–H and O–H groups in total. The maximum atomic E-state index is 14.4. The number of esters is 2. The Morgan fingerprint density at radius 3 is 1.95 bits per heavy atom. The predicted molar refractivity (Wildman–Crippen MR) is 148 cm³/mol. The third kappa shape index (κ3) is 8.59. The van der Waals surface area contributed by atoms with Crippen LogP contribution in [0.1, 0.15) is 63.2 Å². The van der Waals surface area contributed by atoms with Gasteiger partial charge in [0, 0.05) is 0 Å². The quantitative estimate of drug-likeness (QED) is 0.0945. The summed E-state index contributed by atoms with van der Waals surface area (Å²) < 4.78 is 30.7. The highest BCUT2D eigenvalue weighted by Gasteiger charge is 2.21. The van der Waals surface area contributed by atoms with Gasteiger partial charge in [0.05, 0.1) is 12.2 Å². The van der Waals surface area contributed by atoms with Crippen LogP contribution in [0.25, 0.3) is 11.1 Å². The number of alkyl halides is 1. The predicted octanol–water partition coefficient (Wildman–Crippen LogP) is 8.23. The van der Waals surface area contributed by atoms with Gasteiger partial charge in [-0.05, 0) is 65.9 Å². The van der Waals surface area contributed by atoms with E-state index in [1.165, 1.54) is 25.0 Å². The van der Waals surface area contributed by atoms with Gasteiger partial charge < -0.3 is 14.2 Å². The van der Waals surface area contributed by atoms with Gasteiger partial charge in [0.15, 0.2) is 11.6 Å². The fourth-order valence-electron chi connectivity index (χ4n) is 3.67. The topological polar surface area (TPSA) is 61.8 Å². The highest BCUT2D eigenvalue weighted by Crippen LogP contribution is 2.26. The summed E-state index contributed by atoms with van der Waals surface area (Å²) in [5, 5.41) is -0.710. The number of hydrogen-bond donors (Lipinski definition) is 0. The maximum Gasteiger partial charge on any atom is 0.343 e. The summed E-state index contributed by atoms with van der Waals surface area (Å²) in [7, 11) is 0. The molecule has 3 aromatic rings. The van der Waals surface area contributed by atoms with Crippen molar-refractivity contribution in [1.29, 1.82) is 0 Å². The molecule has 1 unspecified atom stereocenters. The van der Waals surface area contributed by atoms with Gasteiger partial charge in [0.2, 0.25) is 0 Å². The molecule has 0 saturated heterocycles. The van der Waals surface area contributed by atoms with E-state index in [1.807, 2.05) is 26.0 Å². The van der Waals surface area contributed by atoms with Gasteiger partial charge in [0.25, 0.3) is 0 Å². The van der Waals surface area contributed by atoms with Crippen molar-refractivity contribution >= 4 is 23.5 Å². The first-order valence-corrected chi connectivity index (χ1v) is 13.4. The van der Waals surface area contributed by atoms with Gasteiger partial charge in [0.1, 0.15) is 16.9 Å². The Bertz CT molecular complexity index is 1190. The second-order valence-corrected chi connectivity index (χ2v) is 9.88. The summed E-state index contributed by atoms with van der Waals surface area (Å²) in [5.41, 5.74) is 1.86. The SMILES string of the molecule is CCCCCCCOc1ccc(C(=O)Oc2ccc(-c3ccc(OC(=O)C(Cl)C(C)C)cc3)cc2)cc1F. The van der Waals surface area contributed by atoms with Crippen LogP contribution >= 0.6 is 11.6 Å².